The van der Waals surface area contributed by atoms with E-state index in [4.69, 9.17) is 0 Å². The zero-order valence-electron chi connectivity index (χ0n) is 8.44. The van der Waals surface area contributed by atoms with Crippen molar-refractivity contribution < 1.29 is 5.11 Å². The average Bonchev–Trinajstić information content (AvgIpc) is 2.71. The molecule has 78 valence electrons. The smallest absolute Gasteiger partial charge is 0.0771 e. The molecule has 4 heteroatoms. The molecule has 0 aliphatic heterocycles. The van der Waals surface area contributed by atoms with E-state index in [-0.39, 0.29) is 0 Å². The minimum absolute atomic E-state index is 0.448. The van der Waals surface area contributed by atoms with Gasteiger partial charge in [-0.15, -0.1) is 0 Å². The Bertz CT molecular complexity index is 278. The van der Waals surface area contributed by atoms with E-state index in [0.717, 1.165) is 18.5 Å². The molecule has 1 fully saturated rings. The van der Waals surface area contributed by atoms with Gasteiger partial charge in [-0.25, -0.2) is 0 Å². The van der Waals surface area contributed by atoms with Crippen molar-refractivity contribution in [2.24, 2.45) is 5.92 Å². The topological polar surface area (TPSA) is 46.0 Å². The highest BCUT2D eigenvalue weighted by Gasteiger charge is 2.34. The summed E-state index contributed by atoms with van der Waals surface area (Å²) in [5, 5.41) is 10.3. The molecule has 1 saturated carbocycles. The van der Waals surface area contributed by atoms with Crippen LogP contribution in [0.25, 0.3) is 0 Å². The molecule has 0 spiro atoms. The number of rotatable bonds is 3. The fraction of sp³-hybridized carbons (Fsp3) is 0.800. The molecule has 1 aliphatic rings. The summed E-state index contributed by atoms with van der Waals surface area (Å²) in [7, 11) is 0. The Hall–Kier alpha value is -0.480. The molecule has 1 unspecified atom stereocenters. The number of nitrogens with zero attached hydrogens (tertiary/aromatic N) is 2. The van der Waals surface area contributed by atoms with Crippen LogP contribution < -0.4 is 0 Å². The fourth-order valence-corrected chi connectivity index (χ4v) is 2.75. The molecule has 3 nitrogen and oxygen atoms in total. The van der Waals surface area contributed by atoms with Crippen LogP contribution in [-0.2, 0) is 6.42 Å². The van der Waals surface area contributed by atoms with Gasteiger partial charge in [0.25, 0.3) is 0 Å². The van der Waals surface area contributed by atoms with E-state index in [0.29, 0.717) is 12.3 Å². The summed E-state index contributed by atoms with van der Waals surface area (Å²) < 4.78 is 8.10. The van der Waals surface area contributed by atoms with Crippen LogP contribution in [0, 0.1) is 5.92 Å². The molecule has 1 aliphatic carbocycles. The summed E-state index contributed by atoms with van der Waals surface area (Å²) in [5.41, 5.74) is 0.332. The molecule has 0 radical (unpaired) electrons. The minimum Gasteiger partial charge on any atom is -0.389 e. The number of hydrogen-bond acceptors (Lipinski definition) is 4. The molecule has 0 bridgehead atoms. The Labute approximate surface area is 88.5 Å². The molecule has 1 atom stereocenters. The van der Waals surface area contributed by atoms with Crippen LogP contribution in [0.15, 0.2) is 6.20 Å². The largest absolute Gasteiger partial charge is 0.389 e. The van der Waals surface area contributed by atoms with Crippen molar-refractivity contribution >= 4 is 11.7 Å². The van der Waals surface area contributed by atoms with Gasteiger partial charge in [-0.2, -0.15) is 8.75 Å². The van der Waals surface area contributed by atoms with Crippen LogP contribution in [0.2, 0.25) is 0 Å². The van der Waals surface area contributed by atoms with Gasteiger partial charge in [0.15, 0.2) is 0 Å². The monoisotopic (exact) mass is 212 g/mol. The van der Waals surface area contributed by atoms with Crippen LogP contribution in [0.4, 0.5) is 0 Å². The third kappa shape index (κ3) is 2.12. The van der Waals surface area contributed by atoms with Gasteiger partial charge < -0.3 is 5.11 Å². The summed E-state index contributed by atoms with van der Waals surface area (Å²) in [5.74, 6) is 0.448. The van der Waals surface area contributed by atoms with Gasteiger partial charge in [0.1, 0.15) is 0 Å². The third-order valence-electron chi connectivity index (χ3n) is 3.18. The Balaban J connectivity index is 2.00. The summed E-state index contributed by atoms with van der Waals surface area (Å²) in [6, 6.07) is 0. The van der Waals surface area contributed by atoms with Crippen LogP contribution in [-0.4, -0.2) is 19.5 Å². The lowest BCUT2D eigenvalue weighted by Gasteiger charge is -2.29. The van der Waals surface area contributed by atoms with Crippen LogP contribution in [0.1, 0.15) is 38.3 Å². The molecule has 0 aromatic carbocycles. The molecule has 1 heterocycles. The van der Waals surface area contributed by atoms with E-state index in [9.17, 15) is 5.11 Å². The fourth-order valence-electron chi connectivity index (χ4n) is 2.32. The van der Waals surface area contributed by atoms with Crippen LogP contribution in [0.5, 0.6) is 0 Å². The summed E-state index contributed by atoms with van der Waals surface area (Å²) >= 11 is 1.21. The minimum atomic E-state index is -0.591. The van der Waals surface area contributed by atoms with E-state index in [2.05, 4.69) is 8.75 Å². The van der Waals surface area contributed by atoms with E-state index < -0.39 is 5.60 Å². The predicted molar refractivity (Wildman–Crippen MR) is 56.2 cm³/mol. The Morgan fingerprint density at radius 1 is 1.57 bits per heavy atom. The van der Waals surface area contributed by atoms with E-state index >= 15 is 0 Å². The van der Waals surface area contributed by atoms with E-state index in [1.54, 1.807) is 6.20 Å². The third-order valence-corrected chi connectivity index (χ3v) is 3.70. The highest BCUT2D eigenvalue weighted by Crippen LogP contribution is 2.35. The molecule has 0 saturated heterocycles. The van der Waals surface area contributed by atoms with Gasteiger partial charge >= 0.3 is 0 Å². The summed E-state index contributed by atoms with van der Waals surface area (Å²) in [4.78, 5) is 0. The quantitative estimate of drug-likeness (QED) is 0.833. The average molecular weight is 212 g/mol. The van der Waals surface area contributed by atoms with Gasteiger partial charge in [0.05, 0.1) is 29.2 Å². The Morgan fingerprint density at radius 3 is 2.86 bits per heavy atom. The van der Waals surface area contributed by atoms with Gasteiger partial charge in [0.2, 0.25) is 0 Å². The first-order valence-corrected chi connectivity index (χ1v) is 5.90. The van der Waals surface area contributed by atoms with Crippen LogP contribution >= 0.6 is 11.7 Å². The maximum absolute atomic E-state index is 10.3. The van der Waals surface area contributed by atoms with Crippen molar-refractivity contribution in [2.75, 3.05) is 0 Å². The number of hydrogen-bond donors (Lipinski definition) is 1. The molecule has 1 aromatic heterocycles. The second-order valence-electron chi connectivity index (χ2n) is 4.41. The lowest BCUT2D eigenvalue weighted by molar-refractivity contribution is 0.00126. The predicted octanol–water partition coefficient (Wildman–Crippen LogP) is 2.02. The molecule has 0 amide bonds. The van der Waals surface area contributed by atoms with Crippen molar-refractivity contribution in [3.05, 3.63) is 11.9 Å². The lowest BCUT2D eigenvalue weighted by Crippen LogP contribution is -2.35. The van der Waals surface area contributed by atoms with Gasteiger partial charge in [0, 0.05) is 6.42 Å². The normalized spacial score (nSPS) is 22.4. The standard InChI is InChI=1S/C10H16N2OS/c1-10(13,8-4-2-3-5-8)6-9-7-11-14-12-9/h7-8,13H,2-6H2,1H3. The number of aromatic nitrogens is 2. The maximum atomic E-state index is 10.3. The summed E-state index contributed by atoms with van der Waals surface area (Å²) in [6.45, 7) is 1.93. The first-order valence-electron chi connectivity index (χ1n) is 5.17. The molecular formula is C10H16N2OS. The van der Waals surface area contributed by atoms with Crippen molar-refractivity contribution in [3.8, 4) is 0 Å². The van der Waals surface area contributed by atoms with Gasteiger partial charge in [-0.1, -0.05) is 12.8 Å². The Kier molecular flexibility index (Phi) is 2.83. The summed E-state index contributed by atoms with van der Waals surface area (Å²) in [6.07, 6.45) is 7.24. The SMILES string of the molecule is CC(O)(Cc1cnsn1)C1CCCC1. The van der Waals surface area contributed by atoms with E-state index in [1.165, 1.54) is 24.6 Å². The van der Waals surface area contributed by atoms with E-state index in [1.807, 2.05) is 6.92 Å². The van der Waals surface area contributed by atoms with Crippen molar-refractivity contribution in [2.45, 2.75) is 44.6 Å². The first kappa shape index (κ1) is 10.1. The highest BCUT2D eigenvalue weighted by molar-refractivity contribution is 6.99. The lowest BCUT2D eigenvalue weighted by atomic mass is 9.84. The molecular weight excluding hydrogens is 196 g/mol. The second kappa shape index (κ2) is 3.95. The van der Waals surface area contributed by atoms with Crippen molar-refractivity contribution in [1.82, 2.24) is 8.75 Å². The van der Waals surface area contributed by atoms with Crippen molar-refractivity contribution in [1.29, 1.82) is 0 Å². The molecule has 1 N–H and O–H groups in total. The number of aliphatic hydroxyl groups is 1. The molecule has 14 heavy (non-hydrogen) atoms. The molecule has 2 rings (SSSR count). The van der Waals surface area contributed by atoms with Crippen LogP contribution in [0.3, 0.4) is 0 Å². The molecule has 1 aromatic rings. The van der Waals surface area contributed by atoms with Gasteiger partial charge in [-0.05, 0) is 25.7 Å². The van der Waals surface area contributed by atoms with Gasteiger partial charge in [-0.3, -0.25) is 0 Å². The highest BCUT2D eigenvalue weighted by atomic mass is 32.1. The Morgan fingerprint density at radius 2 is 2.29 bits per heavy atom. The second-order valence-corrected chi connectivity index (χ2v) is 4.97. The first-order chi connectivity index (χ1) is 6.68. The van der Waals surface area contributed by atoms with Crippen molar-refractivity contribution in [3.63, 3.8) is 0 Å². The zero-order valence-corrected chi connectivity index (χ0v) is 9.26. The maximum Gasteiger partial charge on any atom is 0.0771 e. The zero-order chi connectivity index (χ0) is 10.0.